The molecule has 2 N–H and O–H groups in total. The molecule has 1 saturated heterocycles. The highest BCUT2D eigenvalue weighted by Gasteiger charge is 2.55. The van der Waals surface area contributed by atoms with Gasteiger partial charge in [0.25, 0.3) is 0 Å². The van der Waals surface area contributed by atoms with Gasteiger partial charge in [-0.2, -0.15) is 0 Å². The molecule has 0 unspecified atom stereocenters. The number of carbonyl (C=O) groups is 1. The number of carbonyl (C=O) groups excluding carboxylic acids is 1. The van der Waals surface area contributed by atoms with Gasteiger partial charge in [-0.05, 0) is 51.0 Å². The number of hydrogen-bond acceptors (Lipinski definition) is 7. The van der Waals surface area contributed by atoms with Crippen LogP contribution in [0.25, 0.3) is 11.4 Å². The number of benzene rings is 1. The molecule has 2 aromatic rings. The molecular weight excluding hydrogens is 430 g/mol. The van der Waals surface area contributed by atoms with Gasteiger partial charge >= 0.3 is 6.03 Å². The Hall–Kier alpha value is -2.72. The van der Waals surface area contributed by atoms with Crippen LogP contribution in [0.1, 0.15) is 32.4 Å². The lowest BCUT2D eigenvalue weighted by Crippen LogP contribution is -2.50. The molecule has 2 aliphatic rings. The fourth-order valence-electron chi connectivity index (χ4n) is 4.21. The second kappa shape index (κ2) is 8.32. The lowest BCUT2D eigenvalue weighted by atomic mass is 10.1. The van der Waals surface area contributed by atoms with E-state index < -0.39 is 14.6 Å². The van der Waals surface area contributed by atoms with E-state index in [0.29, 0.717) is 49.1 Å². The predicted octanol–water partition coefficient (Wildman–Crippen LogP) is 2.54. The van der Waals surface area contributed by atoms with Crippen molar-refractivity contribution in [2.45, 2.75) is 43.5 Å². The number of amides is 2. The molecule has 0 bridgehead atoms. The molecule has 2 fully saturated rings. The number of hydrogen-bond donors (Lipinski definition) is 2. The molecule has 172 valence electrons. The molecule has 0 spiro atoms. The number of nitrogens with one attached hydrogen (secondary N) is 2. The second-order valence-corrected chi connectivity index (χ2v) is 11.0. The number of nitrogens with zero attached hydrogens (tertiary/aromatic N) is 3. The number of morpholine rings is 1. The Labute approximate surface area is 188 Å². The smallest absolute Gasteiger partial charge is 0.318 e. The van der Waals surface area contributed by atoms with E-state index in [2.05, 4.69) is 29.4 Å². The molecule has 4 rings (SSSR count). The molecule has 1 aromatic heterocycles. The zero-order valence-electron chi connectivity index (χ0n) is 18.8. The minimum Gasteiger partial charge on any atom is -0.377 e. The highest BCUT2D eigenvalue weighted by Crippen LogP contribution is 2.52. The van der Waals surface area contributed by atoms with Crippen molar-refractivity contribution < 1.29 is 17.9 Å². The topological polar surface area (TPSA) is 114 Å². The van der Waals surface area contributed by atoms with Crippen molar-refractivity contribution in [3.8, 4) is 11.4 Å². The van der Waals surface area contributed by atoms with E-state index in [0.717, 1.165) is 5.56 Å². The van der Waals surface area contributed by atoms with Gasteiger partial charge in [0, 0.05) is 30.6 Å². The molecule has 32 heavy (non-hydrogen) atoms. The Kier molecular flexibility index (Phi) is 5.85. The third-order valence-corrected chi connectivity index (χ3v) is 8.19. The van der Waals surface area contributed by atoms with Crippen molar-refractivity contribution >= 4 is 27.4 Å². The summed E-state index contributed by atoms with van der Waals surface area (Å²) in [5.41, 5.74) is 1.92. The van der Waals surface area contributed by atoms with Gasteiger partial charge in [-0.15, -0.1) is 0 Å². The van der Waals surface area contributed by atoms with Crippen LogP contribution in [0.3, 0.4) is 0 Å². The molecular formula is C22H29N5O4S. The van der Waals surface area contributed by atoms with E-state index in [9.17, 15) is 13.2 Å². The van der Waals surface area contributed by atoms with E-state index in [-0.39, 0.29) is 18.1 Å². The molecule has 1 aromatic carbocycles. The Morgan fingerprint density at radius 1 is 1.12 bits per heavy atom. The number of ether oxygens (including phenoxy) is 1. The molecule has 2 amide bonds. The van der Waals surface area contributed by atoms with Gasteiger partial charge in [-0.3, -0.25) is 0 Å². The van der Waals surface area contributed by atoms with Gasteiger partial charge in [0.2, 0.25) is 0 Å². The first-order chi connectivity index (χ1) is 15.1. The molecule has 2 atom stereocenters. The number of rotatable bonds is 5. The highest BCUT2D eigenvalue weighted by molar-refractivity contribution is 7.91. The first-order valence-corrected chi connectivity index (χ1v) is 12.6. The maximum atomic E-state index is 12.6. The summed E-state index contributed by atoms with van der Waals surface area (Å²) >= 11 is 0. The lowest BCUT2D eigenvalue weighted by molar-refractivity contribution is 0.0752. The molecule has 9 nitrogen and oxygen atoms in total. The Morgan fingerprint density at radius 3 is 2.28 bits per heavy atom. The van der Waals surface area contributed by atoms with Crippen LogP contribution in [0.4, 0.5) is 16.3 Å². The standard InChI is InChI=1S/C22H29N5O4S/c1-14-12-31-13-15(2)27(14)19-11-18(22(9-10-22)32(4,29)30)25-20(26-19)16-5-7-17(8-6-16)24-21(28)23-3/h5-8,11,14-15H,9-10,12-13H2,1-4H3,(H2,23,24,28)/t14-,15-/m0/s1. The monoisotopic (exact) mass is 459 g/mol. The van der Waals surface area contributed by atoms with Gasteiger partial charge in [-0.25, -0.2) is 23.2 Å². The van der Waals surface area contributed by atoms with Crippen LogP contribution < -0.4 is 15.5 Å². The molecule has 1 aliphatic heterocycles. The third kappa shape index (κ3) is 4.16. The van der Waals surface area contributed by atoms with Crippen molar-refractivity contribution in [1.82, 2.24) is 15.3 Å². The van der Waals surface area contributed by atoms with Crippen LogP contribution in [-0.2, 0) is 19.3 Å². The Morgan fingerprint density at radius 2 is 1.75 bits per heavy atom. The maximum absolute atomic E-state index is 12.6. The van der Waals surface area contributed by atoms with Crippen LogP contribution in [0, 0.1) is 0 Å². The van der Waals surface area contributed by atoms with Crippen LogP contribution >= 0.6 is 0 Å². The van der Waals surface area contributed by atoms with Crippen molar-refractivity contribution in [2.24, 2.45) is 0 Å². The minimum atomic E-state index is -3.33. The summed E-state index contributed by atoms with van der Waals surface area (Å²) in [6.45, 7) is 5.30. The third-order valence-electron chi connectivity index (χ3n) is 6.15. The van der Waals surface area contributed by atoms with Gasteiger partial charge in [-0.1, -0.05) is 0 Å². The first kappa shape index (κ1) is 22.5. The van der Waals surface area contributed by atoms with Crippen LogP contribution in [-0.4, -0.2) is 63.0 Å². The van der Waals surface area contributed by atoms with Crippen molar-refractivity contribution in [2.75, 3.05) is 36.7 Å². The first-order valence-electron chi connectivity index (χ1n) is 10.7. The van der Waals surface area contributed by atoms with E-state index in [1.165, 1.54) is 6.26 Å². The van der Waals surface area contributed by atoms with Crippen molar-refractivity contribution in [3.05, 3.63) is 36.0 Å². The van der Waals surface area contributed by atoms with Crippen LogP contribution in [0.2, 0.25) is 0 Å². The Bertz CT molecular complexity index is 1110. The summed E-state index contributed by atoms with van der Waals surface area (Å²) in [5, 5.41) is 5.23. The van der Waals surface area contributed by atoms with E-state index in [4.69, 9.17) is 14.7 Å². The molecule has 2 heterocycles. The Balaban J connectivity index is 1.78. The fourth-order valence-corrected chi connectivity index (χ4v) is 5.54. The molecule has 1 aliphatic carbocycles. The molecule has 0 radical (unpaired) electrons. The van der Waals surface area contributed by atoms with Crippen LogP contribution in [0.5, 0.6) is 0 Å². The van der Waals surface area contributed by atoms with Gasteiger partial charge < -0.3 is 20.3 Å². The number of anilines is 2. The predicted molar refractivity (Wildman–Crippen MR) is 124 cm³/mol. The van der Waals surface area contributed by atoms with E-state index in [1.54, 1.807) is 19.2 Å². The van der Waals surface area contributed by atoms with Gasteiger partial charge in [0.1, 0.15) is 10.6 Å². The van der Waals surface area contributed by atoms with Gasteiger partial charge in [0.05, 0.1) is 31.0 Å². The average Bonchev–Trinajstić information content (AvgIpc) is 3.56. The van der Waals surface area contributed by atoms with E-state index in [1.807, 2.05) is 18.2 Å². The normalized spacial score (nSPS) is 22.3. The summed E-state index contributed by atoms with van der Waals surface area (Å²) in [4.78, 5) is 23.3. The summed E-state index contributed by atoms with van der Waals surface area (Å²) in [6.07, 6.45) is 2.40. The minimum absolute atomic E-state index is 0.0990. The van der Waals surface area contributed by atoms with E-state index >= 15 is 0 Å². The van der Waals surface area contributed by atoms with Crippen molar-refractivity contribution in [3.63, 3.8) is 0 Å². The number of aromatic nitrogens is 2. The zero-order chi connectivity index (χ0) is 23.1. The number of sulfone groups is 1. The van der Waals surface area contributed by atoms with Crippen LogP contribution in [0.15, 0.2) is 30.3 Å². The molecule has 10 heteroatoms. The zero-order valence-corrected chi connectivity index (χ0v) is 19.6. The number of urea groups is 1. The summed E-state index contributed by atoms with van der Waals surface area (Å²) in [5.74, 6) is 1.17. The fraction of sp³-hybridized carbons (Fsp3) is 0.500. The quantitative estimate of drug-likeness (QED) is 0.706. The van der Waals surface area contributed by atoms with Crippen molar-refractivity contribution in [1.29, 1.82) is 0 Å². The summed E-state index contributed by atoms with van der Waals surface area (Å²) in [6, 6.07) is 8.90. The summed E-state index contributed by atoms with van der Waals surface area (Å²) in [7, 11) is -1.78. The average molecular weight is 460 g/mol. The SMILES string of the molecule is CNC(=O)Nc1ccc(-c2nc(N3[C@@H](C)COC[C@@H]3C)cc(C3(S(C)(=O)=O)CC3)n2)cc1. The maximum Gasteiger partial charge on any atom is 0.318 e. The van der Waals surface area contributed by atoms with Gasteiger partial charge in [0.15, 0.2) is 15.7 Å². The second-order valence-electron chi connectivity index (χ2n) is 8.63. The molecule has 1 saturated carbocycles. The largest absolute Gasteiger partial charge is 0.377 e. The highest BCUT2D eigenvalue weighted by atomic mass is 32.2. The summed E-state index contributed by atoms with van der Waals surface area (Å²) < 4.78 is 29.9. The lowest BCUT2D eigenvalue weighted by Gasteiger charge is -2.40.